The van der Waals surface area contributed by atoms with Crippen LogP contribution in [0.4, 0.5) is 5.13 Å². The zero-order chi connectivity index (χ0) is 20.4. The highest BCUT2D eigenvalue weighted by molar-refractivity contribution is 7.14. The first kappa shape index (κ1) is 19.0. The minimum absolute atomic E-state index is 0.109. The SMILES string of the molecule is COc1ccc(-c2csc(NC(=O)Cn3c(C)cc4ccccc43)n2)cc1OC. The molecular weight excluding hydrogens is 386 g/mol. The number of anilines is 1. The maximum atomic E-state index is 12.6. The van der Waals surface area contributed by atoms with Gasteiger partial charge in [0, 0.05) is 22.2 Å². The van der Waals surface area contributed by atoms with Gasteiger partial charge in [0.1, 0.15) is 6.54 Å². The van der Waals surface area contributed by atoms with E-state index >= 15 is 0 Å². The number of benzene rings is 2. The fraction of sp³-hybridized carbons (Fsp3) is 0.182. The van der Waals surface area contributed by atoms with E-state index in [4.69, 9.17) is 9.47 Å². The number of hydrogen-bond donors (Lipinski definition) is 1. The molecule has 0 atom stereocenters. The van der Waals surface area contributed by atoms with E-state index < -0.39 is 0 Å². The van der Waals surface area contributed by atoms with Crippen LogP contribution < -0.4 is 14.8 Å². The smallest absolute Gasteiger partial charge is 0.246 e. The van der Waals surface area contributed by atoms with Crippen molar-refractivity contribution < 1.29 is 14.3 Å². The Morgan fingerprint density at radius 2 is 1.90 bits per heavy atom. The van der Waals surface area contributed by atoms with E-state index in [1.165, 1.54) is 11.3 Å². The Bertz CT molecular complexity index is 1180. The molecule has 148 valence electrons. The summed E-state index contributed by atoms with van der Waals surface area (Å²) in [6.07, 6.45) is 0. The molecule has 0 radical (unpaired) electrons. The van der Waals surface area contributed by atoms with Gasteiger partial charge in [-0.25, -0.2) is 4.98 Å². The van der Waals surface area contributed by atoms with E-state index in [9.17, 15) is 4.79 Å². The van der Waals surface area contributed by atoms with Crippen molar-refractivity contribution >= 4 is 33.3 Å². The van der Waals surface area contributed by atoms with Crippen LogP contribution in [0.25, 0.3) is 22.2 Å². The van der Waals surface area contributed by atoms with Crippen LogP contribution in [0.2, 0.25) is 0 Å². The second-order valence-corrected chi connectivity index (χ2v) is 7.44. The predicted octanol–water partition coefficient (Wildman–Crippen LogP) is 4.73. The second kappa shape index (κ2) is 7.97. The molecule has 2 aromatic carbocycles. The van der Waals surface area contributed by atoms with Crippen LogP contribution >= 0.6 is 11.3 Å². The van der Waals surface area contributed by atoms with Crippen molar-refractivity contribution in [1.82, 2.24) is 9.55 Å². The third-order valence-electron chi connectivity index (χ3n) is 4.75. The number of methoxy groups -OCH3 is 2. The summed E-state index contributed by atoms with van der Waals surface area (Å²) in [5.41, 5.74) is 3.76. The molecule has 0 unspecified atom stereocenters. The first-order valence-corrected chi connectivity index (χ1v) is 9.99. The number of aromatic nitrogens is 2. The normalized spacial score (nSPS) is 10.9. The molecule has 0 spiro atoms. The lowest BCUT2D eigenvalue weighted by atomic mass is 10.1. The number of thiazole rings is 1. The molecule has 0 bridgehead atoms. The van der Waals surface area contributed by atoms with Crippen LogP contribution in [-0.2, 0) is 11.3 Å². The summed E-state index contributed by atoms with van der Waals surface area (Å²) in [6.45, 7) is 2.25. The quantitative estimate of drug-likeness (QED) is 0.502. The molecule has 2 aromatic heterocycles. The number of nitrogens with one attached hydrogen (secondary N) is 1. The number of para-hydroxylation sites is 1. The lowest BCUT2D eigenvalue weighted by molar-refractivity contribution is -0.116. The van der Waals surface area contributed by atoms with Crippen molar-refractivity contribution in [2.45, 2.75) is 13.5 Å². The van der Waals surface area contributed by atoms with Crippen LogP contribution in [0.5, 0.6) is 11.5 Å². The third kappa shape index (κ3) is 3.82. The average molecular weight is 407 g/mol. The molecule has 1 amide bonds. The minimum atomic E-state index is -0.109. The van der Waals surface area contributed by atoms with Crippen LogP contribution in [0.1, 0.15) is 5.69 Å². The van der Waals surface area contributed by atoms with E-state index in [1.54, 1.807) is 14.2 Å². The number of ether oxygens (including phenoxy) is 2. The first-order chi connectivity index (χ1) is 14.1. The van der Waals surface area contributed by atoms with E-state index in [2.05, 4.69) is 16.4 Å². The molecular formula is C22H21N3O3S. The maximum absolute atomic E-state index is 12.6. The van der Waals surface area contributed by atoms with Gasteiger partial charge >= 0.3 is 0 Å². The van der Waals surface area contributed by atoms with E-state index in [0.29, 0.717) is 16.6 Å². The fourth-order valence-electron chi connectivity index (χ4n) is 3.32. The van der Waals surface area contributed by atoms with Gasteiger partial charge in [0.05, 0.1) is 19.9 Å². The molecule has 0 aliphatic rings. The summed E-state index contributed by atoms with van der Waals surface area (Å²) in [4.78, 5) is 17.1. The highest BCUT2D eigenvalue weighted by Gasteiger charge is 2.13. The first-order valence-electron chi connectivity index (χ1n) is 9.11. The van der Waals surface area contributed by atoms with E-state index in [1.807, 2.05) is 59.3 Å². The van der Waals surface area contributed by atoms with Crippen molar-refractivity contribution in [2.24, 2.45) is 0 Å². The molecule has 4 aromatic rings. The number of fused-ring (bicyclic) bond motifs is 1. The van der Waals surface area contributed by atoms with Gasteiger partial charge in [-0.3, -0.25) is 4.79 Å². The van der Waals surface area contributed by atoms with Crippen LogP contribution in [0, 0.1) is 6.92 Å². The number of aryl methyl sites for hydroxylation is 1. The Hall–Kier alpha value is -3.32. The third-order valence-corrected chi connectivity index (χ3v) is 5.51. The monoisotopic (exact) mass is 407 g/mol. The number of amides is 1. The predicted molar refractivity (Wildman–Crippen MR) is 116 cm³/mol. The second-order valence-electron chi connectivity index (χ2n) is 6.59. The number of nitrogens with zero attached hydrogens (tertiary/aromatic N) is 2. The van der Waals surface area contributed by atoms with Crippen molar-refractivity contribution in [3.8, 4) is 22.8 Å². The number of rotatable bonds is 6. The van der Waals surface area contributed by atoms with E-state index in [-0.39, 0.29) is 12.5 Å². The largest absolute Gasteiger partial charge is 0.493 e. The lowest BCUT2D eigenvalue weighted by Gasteiger charge is -2.08. The molecule has 4 rings (SSSR count). The van der Waals surface area contributed by atoms with Gasteiger partial charge in [-0.05, 0) is 42.6 Å². The van der Waals surface area contributed by atoms with Gasteiger partial charge in [-0.2, -0.15) is 0 Å². The zero-order valence-electron chi connectivity index (χ0n) is 16.4. The molecule has 29 heavy (non-hydrogen) atoms. The van der Waals surface area contributed by atoms with Crippen molar-refractivity contribution in [3.63, 3.8) is 0 Å². The van der Waals surface area contributed by atoms with Crippen molar-refractivity contribution in [1.29, 1.82) is 0 Å². The summed E-state index contributed by atoms with van der Waals surface area (Å²) < 4.78 is 12.6. The summed E-state index contributed by atoms with van der Waals surface area (Å²) in [5, 5.41) is 6.51. The van der Waals surface area contributed by atoms with E-state index in [0.717, 1.165) is 27.9 Å². The molecule has 2 heterocycles. The summed E-state index contributed by atoms with van der Waals surface area (Å²) in [5.74, 6) is 1.19. The summed E-state index contributed by atoms with van der Waals surface area (Å²) >= 11 is 1.39. The molecule has 0 saturated heterocycles. The summed E-state index contributed by atoms with van der Waals surface area (Å²) in [6, 6.07) is 15.8. The molecule has 0 aliphatic carbocycles. The standard InChI is InChI=1S/C22H21N3O3S/c1-14-10-16-6-4-5-7-18(16)25(14)12-21(26)24-22-23-17(13-29-22)15-8-9-19(27-2)20(11-15)28-3/h4-11,13H,12H2,1-3H3,(H,23,24,26). The average Bonchev–Trinajstić information content (AvgIpc) is 3.32. The minimum Gasteiger partial charge on any atom is -0.493 e. The van der Waals surface area contributed by atoms with Gasteiger partial charge < -0.3 is 19.4 Å². The molecule has 1 N–H and O–H groups in total. The van der Waals surface area contributed by atoms with Gasteiger partial charge in [0.2, 0.25) is 5.91 Å². The van der Waals surface area contributed by atoms with Gasteiger partial charge in [-0.15, -0.1) is 11.3 Å². The highest BCUT2D eigenvalue weighted by Crippen LogP contribution is 2.33. The highest BCUT2D eigenvalue weighted by atomic mass is 32.1. The van der Waals surface area contributed by atoms with Crippen molar-refractivity contribution in [2.75, 3.05) is 19.5 Å². The molecule has 0 fully saturated rings. The number of carbonyl (C=O) groups is 1. The molecule has 6 nitrogen and oxygen atoms in total. The number of carbonyl (C=O) groups excluding carboxylic acids is 1. The zero-order valence-corrected chi connectivity index (χ0v) is 17.2. The summed E-state index contributed by atoms with van der Waals surface area (Å²) in [7, 11) is 3.20. The molecule has 0 saturated carbocycles. The van der Waals surface area contributed by atoms with Crippen molar-refractivity contribution in [3.05, 3.63) is 59.6 Å². The Morgan fingerprint density at radius 1 is 1.10 bits per heavy atom. The van der Waals surface area contributed by atoms with Crippen LogP contribution in [0.3, 0.4) is 0 Å². The molecule has 7 heteroatoms. The fourth-order valence-corrected chi connectivity index (χ4v) is 4.06. The lowest BCUT2D eigenvalue weighted by Crippen LogP contribution is -2.19. The van der Waals surface area contributed by atoms with Gasteiger partial charge in [0.25, 0.3) is 0 Å². The maximum Gasteiger partial charge on any atom is 0.246 e. The number of hydrogen-bond acceptors (Lipinski definition) is 5. The van der Waals surface area contributed by atoms with Gasteiger partial charge in [0.15, 0.2) is 16.6 Å². The van der Waals surface area contributed by atoms with Crippen LogP contribution in [0.15, 0.2) is 53.9 Å². The Kier molecular flexibility index (Phi) is 5.22. The van der Waals surface area contributed by atoms with Crippen LogP contribution in [-0.4, -0.2) is 29.7 Å². The van der Waals surface area contributed by atoms with Gasteiger partial charge in [-0.1, -0.05) is 18.2 Å². The molecule has 0 aliphatic heterocycles. The Morgan fingerprint density at radius 3 is 2.69 bits per heavy atom. The Balaban J connectivity index is 1.50. The Labute approximate surface area is 172 Å². The topological polar surface area (TPSA) is 65.4 Å².